The van der Waals surface area contributed by atoms with E-state index in [9.17, 15) is 0 Å². The van der Waals surface area contributed by atoms with E-state index in [1.807, 2.05) is 12.1 Å². The molecule has 3 rings (SSSR count). The highest BCUT2D eigenvalue weighted by molar-refractivity contribution is 7.99. The van der Waals surface area contributed by atoms with Crippen LogP contribution >= 0.6 is 11.8 Å². The van der Waals surface area contributed by atoms with Gasteiger partial charge in [-0.3, -0.25) is 0 Å². The number of aromatic nitrogens is 3. The van der Waals surface area contributed by atoms with Crippen LogP contribution in [0.15, 0.2) is 32.9 Å². The minimum absolute atomic E-state index is 0.391. The Morgan fingerprint density at radius 1 is 1.20 bits per heavy atom. The van der Waals surface area contributed by atoms with E-state index in [0.29, 0.717) is 21.9 Å². The molecule has 0 atom stereocenters. The molecule has 0 bridgehead atoms. The van der Waals surface area contributed by atoms with Crippen LogP contribution in [0.5, 0.6) is 0 Å². The van der Waals surface area contributed by atoms with Crippen LogP contribution < -0.4 is 0 Å². The van der Waals surface area contributed by atoms with Gasteiger partial charge in [-0.2, -0.15) is 5.26 Å². The van der Waals surface area contributed by atoms with Gasteiger partial charge in [0.05, 0.1) is 0 Å². The maximum atomic E-state index is 8.83. The zero-order valence-corrected chi connectivity index (χ0v) is 11.8. The summed E-state index contributed by atoms with van der Waals surface area (Å²) in [6, 6.07) is 7.32. The van der Waals surface area contributed by atoms with Crippen LogP contribution in [0.1, 0.15) is 49.6 Å². The molecule has 2 aromatic rings. The Labute approximate surface area is 121 Å². The Balaban J connectivity index is 1.71. The Bertz CT molecular complexity index is 628. The first kappa shape index (κ1) is 13.1. The first-order valence-electron chi connectivity index (χ1n) is 6.73. The maximum absolute atomic E-state index is 8.83. The smallest absolute Gasteiger partial charge is 0.282 e. The number of rotatable bonds is 3. The Morgan fingerprint density at radius 3 is 2.85 bits per heavy atom. The zero-order valence-electron chi connectivity index (χ0n) is 11.0. The van der Waals surface area contributed by atoms with Crippen molar-refractivity contribution >= 4 is 11.8 Å². The van der Waals surface area contributed by atoms with Crippen LogP contribution in [-0.4, -0.2) is 15.2 Å². The van der Waals surface area contributed by atoms with E-state index >= 15 is 0 Å². The summed E-state index contributed by atoms with van der Waals surface area (Å²) in [7, 11) is 0. The largest absolute Gasteiger partial charge is 0.415 e. The van der Waals surface area contributed by atoms with Crippen molar-refractivity contribution in [1.82, 2.24) is 15.2 Å². The number of hydrogen-bond donors (Lipinski definition) is 0. The summed E-state index contributed by atoms with van der Waals surface area (Å²) in [5.41, 5.74) is 0.391. The molecule has 0 unspecified atom stereocenters. The molecule has 0 N–H and O–H groups in total. The molecule has 1 saturated carbocycles. The lowest BCUT2D eigenvalue weighted by Gasteiger charge is -2.17. The molecule has 6 heteroatoms. The maximum Gasteiger partial charge on any atom is 0.282 e. The second-order valence-corrected chi connectivity index (χ2v) is 5.79. The van der Waals surface area contributed by atoms with Gasteiger partial charge in [-0.25, -0.2) is 4.98 Å². The van der Waals surface area contributed by atoms with Gasteiger partial charge < -0.3 is 4.42 Å². The molecule has 0 aromatic carbocycles. The predicted octanol–water partition coefficient (Wildman–Crippen LogP) is 3.54. The van der Waals surface area contributed by atoms with Gasteiger partial charge in [-0.1, -0.05) is 25.3 Å². The van der Waals surface area contributed by atoms with Gasteiger partial charge in [0.15, 0.2) is 0 Å². The third-order valence-corrected chi connectivity index (χ3v) is 4.18. The van der Waals surface area contributed by atoms with E-state index in [-0.39, 0.29) is 0 Å². The molecule has 0 saturated heterocycles. The van der Waals surface area contributed by atoms with Gasteiger partial charge >= 0.3 is 0 Å². The molecule has 5 nitrogen and oxygen atoms in total. The molecular weight excluding hydrogens is 272 g/mol. The minimum Gasteiger partial charge on any atom is -0.415 e. The first-order valence-corrected chi connectivity index (χ1v) is 7.55. The molecular formula is C14H14N4OS. The molecule has 2 aromatic heterocycles. The lowest BCUT2D eigenvalue weighted by Crippen LogP contribution is -2.04. The van der Waals surface area contributed by atoms with Gasteiger partial charge in [0, 0.05) is 5.92 Å². The monoisotopic (exact) mass is 286 g/mol. The topological polar surface area (TPSA) is 75.6 Å². The molecule has 0 spiro atoms. The van der Waals surface area contributed by atoms with Gasteiger partial charge in [0.25, 0.3) is 5.22 Å². The van der Waals surface area contributed by atoms with Crippen molar-refractivity contribution in [2.24, 2.45) is 0 Å². The summed E-state index contributed by atoms with van der Waals surface area (Å²) >= 11 is 1.30. The van der Waals surface area contributed by atoms with Gasteiger partial charge in [-0.05, 0) is 36.7 Å². The SMILES string of the molecule is N#Cc1cccc(Sc2nnc(C3CCCCC3)o2)n1. The van der Waals surface area contributed by atoms with Crippen molar-refractivity contribution in [3.63, 3.8) is 0 Å². The third kappa shape index (κ3) is 2.99. The van der Waals surface area contributed by atoms with Crippen molar-refractivity contribution in [2.75, 3.05) is 0 Å². The lowest BCUT2D eigenvalue weighted by molar-refractivity contribution is 0.334. The van der Waals surface area contributed by atoms with E-state index in [2.05, 4.69) is 15.2 Å². The van der Waals surface area contributed by atoms with E-state index in [4.69, 9.17) is 9.68 Å². The Morgan fingerprint density at radius 2 is 2.05 bits per heavy atom. The summed E-state index contributed by atoms with van der Waals surface area (Å²) in [6.07, 6.45) is 6.04. The highest BCUT2D eigenvalue weighted by Crippen LogP contribution is 2.34. The normalized spacial score (nSPS) is 15.9. The summed E-state index contributed by atoms with van der Waals surface area (Å²) in [6.45, 7) is 0. The van der Waals surface area contributed by atoms with E-state index in [1.165, 1.54) is 31.0 Å². The predicted molar refractivity (Wildman–Crippen MR) is 73.2 cm³/mol. The number of hydrogen-bond acceptors (Lipinski definition) is 6. The van der Waals surface area contributed by atoms with E-state index < -0.39 is 0 Å². The second kappa shape index (κ2) is 6.06. The van der Waals surface area contributed by atoms with Crippen molar-refractivity contribution in [3.8, 4) is 6.07 Å². The first-order chi connectivity index (χ1) is 9.85. The van der Waals surface area contributed by atoms with Gasteiger partial charge in [0.2, 0.25) is 5.89 Å². The fourth-order valence-corrected chi connectivity index (χ4v) is 3.08. The summed E-state index contributed by atoms with van der Waals surface area (Å²) in [4.78, 5) is 4.18. The average Bonchev–Trinajstić information content (AvgIpc) is 2.97. The molecule has 0 radical (unpaired) electrons. The average molecular weight is 286 g/mol. The van der Waals surface area contributed by atoms with Crippen LogP contribution in [0.25, 0.3) is 0 Å². The molecule has 1 fully saturated rings. The molecule has 0 aliphatic heterocycles. The zero-order chi connectivity index (χ0) is 13.8. The Kier molecular flexibility index (Phi) is 3.97. The fraction of sp³-hybridized carbons (Fsp3) is 0.429. The molecule has 1 aliphatic rings. The van der Waals surface area contributed by atoms with Crippen molar-refractivity contribution in [2.45, 2.75) is 48.3 Å². The van der Waals surface area contributed by atoms with Gasteiger partial charge in [0.1, 0.15) is 16.8 Å². The van der Waals surface area contributed by atoms with Crippen molar-refractivity contribution in [3.05, 3.63) is 29.8 Å². The summed E-state index contributed by atoms with van der Waals surface area (Å²) in [5.74, 6) is 1.15. The quantitative estimate of drug-likeness (QED) is 0.859. The molecule has 2 heterocycles. The number of nitriles is 1. The molecule has 1 aliphatic carbocycles. The van der Waals surface area contributed by atoms with E-state index in [1.54, 1.807) is 12.1 Å². The van der Waals surface area contributed by atoms with Gasteiger partial charge in [-0.15, -0.1) is 10.2 Å². The fourth-order valence-electron chi connectivity index (χ4n) is 2.40. The van der Waals surface area contributed by atoms with Crippen LogP contribution in [0, 0.1) is 11.3 Å². The minimum atomic E-state index is 0.391. The number of pyridine rings is 1. The standard InChI is InChI=1S/C14H14N4OS/c15-9-11-7-4-8-12(16-11)20-14-18-17-13(19-14)10-5-2-1-3-6-10/h4,7-8,10H,1-3,5-6H2. The summed E-state index contributed by atoms with van der Waals surface area (Å²) < 4.78 is 5.72. The van der Waals surface area contributed by atoms with Crippen LogP contribution in [0.3, 0.4) is 0 Å². The molecule has 0 amide bonds. The van der Waals surface area contributed by atoms with Crippen LogP contribution in [0.2, 0.25) is 0 Å². The molecule has 102 valence electrons. The van der Waals surface area contributed by atoms with Crippen molar-refractivity contribution in [1.29, 1.82) is 5.26 Å². The lowest BCUT2D eigenvalue weighted by atomic mass is 9.89. The van der Waals surface area contributed by atoms with Crippen LogP contribution in [0.4, 0.5) is 0 Å². The second-order valence-electron chi connectivity index (χ2n) is 4.82. The van der Waals surface area contributed by atoms with E-state index in [0.717, 1.165) is 18.7 Å². The van der Waals surface area contributed by atoms with Crippen LogP contribution in [-0.2, 0) is 0 Å². The highest BCUT2D eigenvalue weighted by atomic mass is 32.2. The Hall–Kier alpha value is -1.87. The molecule has 20 heavy (non-hydrogen) atoms. The summed E-state index contributed by atoms with van der Waals surface area (Å²) in [5, 5.41) is 18.2. The van der Waals surface area contributed by atoms with Crippen molar-refractivity contribution < 1.29 is 4.42 Å². The number of nitrogens with zero attached hydrogens (tertiary/aromatic N) is 4. The highest BCUT2D eigenvalue weighted by Gasteiger charge is 2.21. The third-order valence-electron chi connectivity index (χ3n) is 3.41.